The Morgan fingerprint density at radius 3 is 2.86 bits per heavy atom. The number of benzene rings is 1. The molecular weight excluding hydrogens is 354 g/mol. The Morgan fingerprint density at radius 1 is 1.21 bits per heavy atom. The minimum Gasteiger partial charge on any atom is -0.349 e. The van der Waals surface area contributed by atoms with Crippen LogP contribution in [-0.2, 0) is 24.3 Å². The molecule has 0 atom stereocenters. The average Bonchev–Trinajstić information content (AvgIpc) is 3.28. The summed E-state index contributed by atoms with van der Waals surface area (Å²) in [6, 6.07) is 5.93. The van der Waals surface area contributed by atoms with Gasteiger partial charge in [-0.25, -0.2) is 4.98 Å². The van der Waals surface area contributed by atoms with Gasteiger partial charge in [0.15, 0.2) is 11.4 Å². The Morgan fingerprint density at radius 2 is 2.07 bits per heavy atom. The molecule has 3 aromatic heterocycles. The molecule has 7 heteroatoms. The standard InChI is InChI=1S/C21H21N5O2/c1-3-15-5-4-6-17-18(14(2)27)12-25(21(15)17)13-20(28)24-10-16-9-23-19-11-22-7-8-26(16)19/h4-9,11-12H,3,10,13H2,1-2H3,(H,24,28). The third kappa shape index (κ3) is 3.15. The minimum atomic E-state index is -0.123. The highest BCUT2D eigenvalue weighted by molar-refractivity contribution is 6.07. The van der Waals surface area contributed by atoms with E-state index in [4.69, 9.17) is 0 Å². The molecule has 0 aliphatic rings. The van der Waals surface area contributed by atoms with Crippen LogP contribution in [0.5, 0.6) is 0 Å². The van der Waals surface area contributed by atoms with Crippen molar-refractivity contribution in [1.82, 2.24) is 24.3 Å². The number of carbonyl (C=O) groups is 2. The summed E-state index contributed by atoms with van der Waals surface area (Å²) < 4.78 is 3.76. The van der Waals surface area contributed by atoms with E-state index in [9.17, 15) is 9.59 Å². The Labute approximate surface area is 162 Å². The molecule has 3 heterocycles. The van der Waals surface area contributed by atoms with Crippen LogP contribution in [0.25, 0.3) is 16.6 Å². The van der Waals surface area contributed by atoms with Gasteiger partial charge in [-0.2, -0.15) is 0 Å². The Kier molecular flexibility index (Phi) is 4.65. The minimum absolute atomic E-state index is 0.00301. The first-order chi connectivity index (χ1) is 13.6. The molecule has 0 fully saturated rings. The lowest BCUT2D eigenvalue weighted by molar-refractivity contribution is -0.121. The summed E-state index contributed by atoms with van der Waals surface area (Å²) in [5.74, 6) is -0.126. The number of imidazole rings is 1. The van der Waals surface area contributed by atoms with E-state index in [2.05, 4.69) is 22.2 Å². The number of para-hydroxylation sites is 1. The molecule has 0 bridgehead atoms. The van der Waals surface area contributed by atoms with Crippen molar-refractivity contribution >= 4 is 28.2 Å². The van der Waals surface area contributed by atoms with E-state index in [0.717, 1.165) is 34.2 Å². The SMILES string of the molecule is CCc1cccc2c(C(C)=O)cn(CC(=O)NCc3cnc4cnccn34)c12. The lowest BCUT2D eigenvalue weighted by Crippen LogP contribution is -2.27. The molecule has 1 N–H and O–H groups in total. The van der Waals surface area contributed by atoms with Crippen molar-refractivity contribution in [3.8, 4) is 0 Å². The second-order valence-corrected chi connectivity index (χ2v) is 6.72. The van der Waals surface area contributed by atoms with Gasteiger partial charge in [0, 0.05) is 29.5 Å². The molecule has 7 nitrogen and oxygen atoms in total. The zero-order chi connectivity index (χ0) is 19.7. The number of fused-ring (bicyclic) bond motifs is 2. The molecule has 0 spiro atoms. The monoisotopic (exact) mass is 375 g/mol. The van der Waals surface area contributed by atoms with Crippen LogP contribution in [0.1, 0.15) is 35.5 Å². The number of aryl methyl sites for hydroxylation is 1. The van der Waals surface area contributed by atoms with Crippen molar-refractivity contribution < 1.29 is 9.59 Å². The van der Waals surface area contributed by atoms with Crippen molar-refractivity contribution in [3.05, 3.63) is 66.0 Å². The molecule has 1 aromatic carbocycles. The summed E-state index contributed by atoms with van der Waals surface area (Å²) in [6.07, 6.45) is 9.51. The lowest BCUT2D eigenvalue weighted by atomic mass is 10.1. The van der Waals surface area contributed by atoms with Crippen LogP contribution >= 0.6 is 0 Å². The van der Waals surface area contributed by atoms with Gasteiger partial charge in [-0.1, -0.05) is 25.1 Å². The van der Waals surface area contributed by atoms with Crippen LogP contribution in [-0.4, -0.2) is 30.6 Å². The first-order valence-corrected chi connectivity index (χ1v) is 9.22. The van der Waals surface area contributed by atoms with Gasteiger partial charge in [0.1, 0.15) is 6.54 Å². The van der Waals surface area contributed by atoms with Gasteiger partial charge in [-0.05, 0) is 18.9 Å². The first kappa shape index (κ1) is 17.9. The fourth-order valence-corrected chi connectivity index (χ4v) is 3.55. The van der Waals surface area contributed by atoms with Gasteiger partial charge < -0.3 is 9.88 Å². The highest BCUT2D eigenvalue weighted by atomic mass is 16.2. The molecule has 0 aliphatic carbocycles. The Bertz CT molecular complexity index is 1190. The molecule has 4 rings (SSSR count). The summed E-state index contributed by atoms with van der Waals surface area (Å²) in [4.78, 5) is 33.0. The third-order valence-electron chi connectivity index (χ3n) is 4.92. The molecule has 1 amide bonds. The van der Waals surface area contributed by atoms with Crippen LogP contribution in [0, 0.1) is 0 Å². The quantitative estimate of drug-likeness (QED) is 0.526. The summed E-state index contributed by atoms with van der Waals surface area (Å²) in [6.45, 7) is 4.14. The molecule has 0 unspecified atom stereocenters. The van der Waals surface area contributed by atoms with Crippen molar-refractivity contribution in [2.24, 2.45) is 0 Å². The Hall–Kier alpha value is -3.48. The van der Waals surface area contributed by atoms with Crippen molar-refractivity contribution in [3.63, 3.8) is 0 Å². The second kappa shape index (κ2) is 7.26. The van der Waals surface area contributed by atoms with Gasteiger partial charge in [-0.15, -0.1) is 0 Å². The number of hydrogen-bond acceptors (Lipinski definition) is 4. The zero-order valence-corrected chi connectivity index (χ0v) is 15.8. The molecule has 142 valence electrons. The molecule has 0 aliphatic heterocycles. The summed E-state index contributed by atoms with van der Waals surface area (Å²) >= 11 is 0. The largest absolute Gasteiger partial charge is 0.349 e. The fourth-order valence-electron chi connectivity index (χ4n) is 3.55. The van der Waals surface area contributed by atoms with E-state index < -0.39 is 0 Å². The number of rotatable bonds is 6. The van der Waals surface area contributed by atoms with Gasteiger partial charge in [0.25, 0.3) is 0 Å². The first-order valence-electron chi connectivity index (χ1n) is 9.22. The number of Topliss-reactive ketones (excluding diaryl/α,β-unsaturated/α-hetero) is 1. The van der Waals surface area contributed by atoms with Crippen LogP contribution < -0.4 is 5.32 Å². The second-order valence-electron chi connectivity index (χ2n) is 6.72. The predicted molar refractivity (Wildman–Crippen MR) is 106 cm³/mol. The number of nitrogens with one attached hydrogen (secondary N) is 1. The number of nitrogens with zero attached hydrogens (tertiary/aromatic N) is 4. The maximum absolute atomic E-state index is 12.6. The van der Waals surface area contributed by atoms with Crippen molar-refractivity contribution in [1.29, 1.82) is 0 Å². The van der Waals surface area contributed by atoms with Gasteiger partial charge in [-0.3, -0.25) is 19.0 Å². The topological polar surface area (TPSA) is 81.3 Å². The predicted octanol–water partition coefficient (Wildman–Crippen LogP) is 2.77. The summed E-state index contributed by atoms with van der Waals surface area (Å²) in [5, 5.41) is 3.84. The van der Waals surface area contributed by atoms with Crippen LogP contribution in [0.2, 0.25) is 0 Å². The lowest BCUT2D eigenvalue weighted by Gasteiger charge is -2.09. The summed E-state index contributed by atoms with van der Waals surface area (Å²) in [7, 11) is 0. The van der Waals surface area contributed by atoms with Crippen LogP contribution in [0.15, 0.2) is 49.2 Å². The molecule has 0 saturated carbocycles. The molecule has 0 radical (unpaired) electrons. The molecular formula is C21H21N5O2. The van der Waals surface area contributed by atoms with E-state index in [1.165, 1.54) is 0 Å². The van der Waals surface area contributed by atoms with Gasteiger partial charge in [0.05, 0.1) is 30.1 Å². The van der Waals surface area contributed by atoms with Crippen molar-refractivity contribution in [2.45, 2.75) is 33.4 Å². The van der Waals surface area contributed by atoms with E-state index in [1.807, 2.05) is 33.4 Å². The number of amides is 1. The van der Waals surface area contributed by atoms with Crippen molar-refractivity contribution in [2.75, 3.05) is 0 Å². The number of carbonyl (C=O) groups excluding carboxylic acids is 2. The van der Waals surface area contributed by atoms with Gasteiger partial charge in [0.2, 0.25) is 5.91 Å². The number of ketones is 1. The normalized spacial score (nSPS) is 11.2. The van der Waals surface area contributed by atoms with Crippen LogP contribution in [0.3, 0.4) is 0 Å². The smallest absolute Gasteiger partial charge is 0.240 e. The fraction of sp³-hybridized carbons (Fsp3) is 0.238. The highest BCUT2D eigenvalue weighted by Crippen LogP contribution is 2.25. The average molecular weight is 375 g/mol. The molecule has 4 aromatic rings. The van der Waals surface area contributed by atoms with E-state index >= 15 is 0 Å². The number of aromatic nitrogens is 4. The van der Waals surface area contributed by atoms with E-state index in [0.29, 0.717) is 12.1 Å². The molecule has 28 heavy (non-hydrogen) atoms. The highest BCUT2D eigenvalue weighted by Gasteiger charge is 2.16. The Balaban J connectivity index is 1.57. The summed E-state index contributed by atoms with van der Waals surface area (Å²) in [5.41, 5.74) is 4.33. The van der Waals surface area contributed by atoms with Gasteiger partial charge >= 0.3 is 0 Å². The zero-order valence-electron chi connectivity index (χ0n) is 15.8. The number of hydrogen-bond donors (Lipinski definition) is 1. The maximum Gasteiger partial charge on any atom is 0.240 e. The third-order valence-corrected chi connectivity index (χ3v) is 4.92. The van der Waals surface area contributed by atoms with Crippen LogP contribution in [0.4, 0.5) is 0 Å². The van der Waals surface area contributed by atoms with E-state index in [1.54, 1.807) is 31.7 Å². The van der Waals surface area contributed by atoms with E-state index in [-0.39, 0.29) is 18.2 Å². The molecule has 0 saturated heterocycles. The maximum atomic E-state index is 12.6.